The summed E-state index contributed by atoms with van der Waals surface area (Å²) in [6, 6.07) is 8.78. The van der Waals surface area contributed by atoms with Crippen LogP contribution < -0.4 is 10.6 Å². The molecule has 1 aromatic carbocycles. The summed E-state index contributed by atoms with van der Waals surface area (Å²) in [6.45, 7) is 7.44. The minimum absolute atomic E-state index is 0.0394. The first-order chi connectivity index (χ1) is 8.86. The summed E-state index contributed by atoms with van der Waals surface area (Å²) in [5.41, 5.74) is 8.36. The van der Waals surface area contributed by atoms with Crippen LogP contribution in [0.4, 0.5) is 5.69 Å². The Kier molecular flexibility index (Phi) is 5.80. The van der Waals surface area contributed by atoms with E-state index in [1.807, 2.05) is 0 Å². The maximum Gasteiger partial charge on any atom is 0.0784 e. The van der Waals surface area contributed by atoms with E-state index in [2.05, 4.69) is 57.0 Å². The minimum Gasteiger partial charge on any atom is -0.393 e. The fourth-order valence-corrected chi connectivity index (χ4v) is 2.10. The number of hydrogen-bond acceptors (Lipinski definition) is 2. The highest BCUT2D eigenvalue weighted by atomic mass is 32.1. The fraction of sp³-hybridized carbons (Fsp3) is 0.562. The van der Waals surface area contributed by atoms with Gasteiger partial charge in [-0.05, 0) is 37.0 Å². The van der Waals surface area contributed by atoms with E-state index in [1.165, 1.54) is 11.3 Å². The molecule has 0 bridgehead atoms. The lowest BCUT2D eigenvalue weighted by molar-refractivity contribution is 0.461. The van der Waals surface area contributed by atoms with Gasteiger partial charge in [0.05, 0.1) is 4.99 Å². The second-order valence-corrected chi connectivity index (χ2v) is 6.23. The second kappa shape index (κ2) is 6.90. The molecule has 0 unspecified atom stereocenters. The topological polar surface area (TPSA) is 29.3 Å². The molecule has 106 valence electrons. The highest BCUT2D eigenvalue weighted by Gasteiger charge is 2.20. The van der Waals surface area contributed by atoms with E-state index in [1.54, 1.807) is 0 Å². The molecular weight excluding hydrogens is 252 g/mol. The van der Waals surface area contributed by atoms with Crippen molar-refractivity contribution in [3.05, 3.63) is 29.8 Å². The van der Waals surface area contributed by atoms with Crippen LogP contribution in [0.3, 0.4) is 0 Å². The zero-order valence-electron chi connectivity index (χ0n) is 12.6. The van der Waals surface area contributed by atoms with Crippen LogP contribution in [0.1, 0.15) is 39.2 Å². The Morgan fingerprint density at radius 3 is 2.32 bits per heavy atom. The maximum absolute atomic E-state index is 5.75. The zero-order chi connectivity index (χ0) is 14.5. The quantitative estimate of drug-likeness (QED) is 0.770. The monoisotopic (exact) mass is 278 g/mol. The molecular formula is C16H26N2S. The van der Waals surface area contributed by atoms with Crippen molar-refractivity contribution in [1.29, 1.82) is 0 Å². The van der Waals surface area contributed by atoms with E-state index < -0.39 is 0 Å². The molecule has 0 spiro atoms. The molecule has 0 aliphatic heterocycles. The van der Waals surface area contributed by atoms with Gasteiger partial charge in [0.15, 0.2) is 0 Å². The number of benzene rings is 1. The molecule has 2 N–H and O–H groups in total. The first kappa shape index (κ1) is 16.0. The van der Waals surface area contributed by atoms with Gasteiger partial charge < -0.3 is 10.6 Å². The van der Waals surface area contributed by atoms with Gasteiger partial charge in [-0.2, -0.15) is 0 Å². The number of nitrogens with zero attached hydrogens (tertiary/aromatic N) is 1. The van der Waals surface area contributed by atoms with Crippen molar-refractivity contribution in [1.82, 2.24) is 0 Å². The Hall–Kier alpha value is -1.09. The molecule has 0 heterocycles. The first-order valence-corrected chi connectivity index (χ1v) is 7.37. The first-order valence-electron chi connectivity index (χ1n) is 6.97. The van der Waals surface area contributed by atoms with Gasteiger partial charge in [0.25, 0.3) is 0 Å². The average molecular weight is 278 g/mol. The van der Waals surface area contributed by atoms with Crippen molar-refractivity contribution >= 4 is 22.9 Å². The van der Waals surface area contributed by atoms with Gasteiger partial charge in [-0.15, -0.1) is 0 Å². The highest BCUT2D eigenvalue weighted by Crippen LogP contribution is 2.23. The number of thiocarbonyl (C=S) groups is 1. The van der Waals surface area contributed by atoms with Gasteiger partial charge in [-0.1, -0.05) is 45.1 Å². The Morgan fingerprint density at radius 1 is 1.26 bits per heavy atom. The van der Waals surface area contributed by atoms with Gasteiger partial charge in [-0.3, -0.25) is 0 Å². The maximum atomic E-state index is 5.75. The van der Waals surface area contributed by atoms with Crippen molar-refractivity contribution in [2.24, 2.45) is 11.1 Å². The number of aryl methyl sites for hydroxylation is 1. The fourth-order valence-electron chi connectivity index (χ4n) is 2.00. The van der Waals surface area contributed by atoms with E-state index in [9.17, 15) is 0 Å². The molecule has 0 saturated heterocycles. The normalized spacial score (nSPS) is 11.4. The Bertz CT molecular complexity index is 409. The number of anilines is 1. The van der Waals surface area contributed by atoms with E-state index in [0.29, 0.717) is 4.99 Å². The van der Waals surface area contributed by atoms with Crippen molar-refractivity contribution < 1.29 is 0 Å². The largest absolute Gasteiger partial charge is 0.393 e. The van der Waals surface area contributed by atoms with Gasteiger partial charge in [0.1, 0.15) is 0 Å². The average Bonchev–Trinajstić information content (AvgIpc) is 2.38. The lowest BCUT2D eigenvalue weighted by atomic mass is 9.88. The number of rotatable bonds is 7. The summed E-state index contributed by atoms with van der Waals surface area (Å²) in [5.74, 6) is 0. The number of hydrogen-bond donors (Lipinski definition) is 1. The van der Waals surface area contributed by atoms with E-state index in [0.717, 1.165) is 25.8 Å². The van der Waals surface area contributed by atoms with Gasteiger partial charge >= 0.3 is 0 Å². The van der Waals surface area contributed by atoms with Gasteiger partial charge in [0.2, 0.25) is 0 Å². The molecule has 0 aliphatic rings. The van der Waals surface area contributed by atoms with Crippen molar-refractivity contribution in [3.8, 4) is 0 Å². The SMILES string of the molecule is CCc1ccc(N(C)CCCC(C)(C)C(N)=S)cc1. The summed E-state index contributed by atoms with van der Waals surface area (Å²) in [6.07, 6.45) is 3.21. The Morgan fingerprint density at radius 2 is 1.84 bits per heavy atom. The summed E-state index contributed by atoms with van der Waals surface area (Å²) in [7, 11) is 2.13. The smallest absolute Gasteiger partial charge is 0.0784 e. The predicted octanol–water partition coefficient (Wildman–Crippen LogP) is 3.78. The van der Waals surface area contributed by atoms with Crippen molar-refractivity contribution in [2.45, 2.75) is 40.0 Å². The zero-order valence-corrected chi connectivity index (χ0v) is 13.4. The third-order valence-corrected chi connectivity index (χ3v) is 4.30. The molecule has 0 amide bonds. The molecule has 2 nitrogen and oxygen atoms in total. The van der Waals surface area contributed by atoms with E-state index in [4.69, 9.17) is 18.0 Å². The van der Waals surface area contributed by atoms with Crippen LogP contribution in [-0.2, 0) is 6.42 Å². The molecule has 0 saturated carbocycles. The van der Waals surface area contributed by atoms with Gasteiger partial charge in [-0.25, -0.2) is 0 Å². The Labute approximate surface area is 123 Å². The van der Waals surface area contributed by atoms with E-state index in [-0.39, 0.29) is 5.41 Å². The summed E-state index contributed by atoms with van der Waals surface area (Å²) in [5, 5.41) is 0. The van der Waals surface area contributed by atoms with Crippen LogP contribution in [0.15, 0.2) is 24.3 Å². The molecule has 0 fully saturated rings. The molecule has 1 aromatic rings. The molecule has 19 heavy (non-hydrogen) atoms. The van der Waals surface area contributed by atoms with Crippen molar-refractivity contribution in [2.75, 3.05) is 18.5 Å². The van der Waals surface area contributed by atoms with Crippen LogP contribution in [0.25, 0.3) is 0 Å². The second-order valence-electron chi connectivity index (χ2n) is 5.79. The van der Waals surface area contributed by atoms with Crippen LogP contribution in [0.5, 0.6) is 0 Å². The van der Waals surface area contributed by atoms with Crippen LogP contribution in [0.2, 0.25) is 0 Å². The third kappa shape index (κ3) is 4.83. The Balaban J connectivity index is 2.46. The predicted molar refractivity (Wildman–Crippen MR) is 88.9 cm³/mol. The lowest BCUT2D eigenvalue weighted by Gasteiger charge is -2.25. The van der Waals surface area contributed by atoms with Crippen LogP contribution in [0, 0.1) is 5.41 Å². The number of nitrogens with two attached hydrogens (primary N) is 1. The molecule has 0 aliphatic carbocycles. The van der Waals surface area contributed by atoms with Crippen molar-refractivity contribution in [3.63, 3.8) is 0 Å². The third-order valence-electron chi connectivity index (χ3n) is 3.75. The van der Waals surface area contributed by atoms with Crippen LogP contribution in [-0.4, -0.2) is 18.6 Å². The molecule has 0 atom stereocenters. The van der Waals surface area contributed by atoms with E-state index >= 15 is 0 Å². The highest BCUT2D eigenvalue weighted by molar-refractivity contribution is 7.80. The summed E-state index contributed by atoms with van der Waals surface area (Å²) in [4.78, 5) is 2.90. The minimum atomic E-state index is -0.0394. The van der Waals surface area contributed by atoms with Gasteiger partial charge in [0, 0.05) is 24.7 Å². The lowest BCUT2D eigenvalue weighted by Crippen LogP contribution is -2.31. The molecule has 3 heteroatoms. The standard InChI is InChI=1S/C16H26N2S/c1-5-13-7-9-14(10-8-13)18(4)12-6-11-16(2,3)15(17)19/h7-10H,5-6,11-12H2,1-4H3,(H2,17,19). The summed E-state index contributed by atoms with van der Waals surface area (Å²) >= 11 is 5.10. The summed E-state index contributed by atoms with van der Waals surface area (Å²) < 4.78 is 0. The molecule has 1 rings (SSSR count). The molecule has 0 radical (unpaired) electrons. The molecule has 0 aromatic heterocycles. The van der Waals surface area contributed by atoms with Crippen LogP contribution >= 0.6 is 12.2 Å².